The molecule has 0 aromatic rings. The molecule has 0 amide bonds. The van der Waals surface area contributed by atoms with Crippen molar-refractivity contribution in [3.05, 3.63) is 13.3 Å². The van der Waals surface area contributed by atoms with E-state index in [0.717, 1.165) is 6.42 Å². The molecule has 0 unspecified atom stereocenters. The number of hydrogen-bond acceptors (Lipinski definition) is 0. The molecule has 0 aliphatic carbocycles. The Labute approximate surface area is 98.4 Å². The molecule has 0 aliphatic rings. The maximum Gasteiger partial charge on any atom is 0 e. The Balaban J connectivity index is -0.0000000437. The van der Waals surface area contributed by atoms with Gasteiger partial charge in [-0.05, 0) is 6.92 Å². The van der Waals surface area contributed by atoms with E-state index in [4.69, 9.17) is 6.42 Å². The van der Waals surface area contributed by atoms with Crippen LogP contribution in [0.25, 0.3) is 0 Å². The van der Waals surface area contributed by atoms with Crippen LogP contribution >= 0.6 is 0 Å². The second kappa shape index (κ2) is 13.3. The van der Waals surface area contributed by atoms with Gasteiger partial charge >= 0.3 is 0 Å². The zero-order chi connectivity index (χ0) is 7.91. The van der Waals surface area contributed by atoms with Crippen LogP contribution < -0.4 is 0 Å². The standard InChI is InChI=1S/C6H13.C3H3.CH4.Y/c1-5-6(2,3)4;1-3-2;;/h2,5H2,1,3-4H3;1H3;1H4;/q2*-1;;. The molecule has 0 saturated carbocycles. The van der Waals surface area contributed by atoms with Gasteiger partial charge in [-0.25, -0.2) is 0 Å². The molecule has 0 saturated heterocycles. The molecule has 0 aromatic heterocycles. The molecule has 0 aliphatic heterocycles. The van der Waals surface area contributed by atoms with Gasteiger partial charge in [-0.15, -0.1) is 0 Å². The van der Waals surface area contributed by atoms with Crippen molar-refractivity contribution in [3.63, 3.8) is 0 Å². The predicted octanol–water partition coefficient (Wildman–Crippen LogP) is 3.49. The van der Waals surface area contributed by atoms with Gasteiger partial charge in [-0.3, -0.25) is 0 Å². The largest absolute Gasteiger partial charge is 0.694 e. The number of hydrogen-bond donors (Lipinski definition) is 0. The average molecular weight is 229 g/mol. The predicted molar refractivity (Wildman–Crippen MR) is 49.0 cm³/mol. The third-order valence-electron chi connectivity index (χ3n) is 0.957. The van der Waals surface area contributed by atoms with Gasteiger partial charge in [0.05, 0.1) is 0 Å². The molecule has 0 spiro atoms. The summed E-state index contributed by atoms with van der Waals surface area (Å²) < 4.78 is 0. The molecule has 0 N–H and O–H groups in total. The summed E-state index contributed by atoms with van der Waals surface area (Å²) in [4.78, 5) is 0. The van der Waals surface area contributed by atoms with Gasteiger partial charge in [0.15, 0.2) is 0 Å². The van der Waals surface area contributed by atoms with Crippen molar-refractivity contribution in [2.45, 2.75) is 41.5 Å². The minimum Gasteiger partial charge on any atom is -0.694 e. The summed E-state index contributed by atoms with van der Waals surface area (Å²) in [6, 6.07) is 0. The van der Waals surface area contributed by atoms with Gasteiger partial charge in [0, 0.05) is 32.7 Å². The van der Waals surface area contributed by atoms with E-state index >= 15 is 0 Å². The molecule has 0 aromatic carbocycles. The van der Waals surface area contributed by atoms with Gasteiger partial charge in [-0.1, -0.05) is 34.6 Å². The summed E-state index contributed by atoms with van der Waals surface area (Å²) in [5.74, 6) is 2.00. The molecule has 0 fully saturated rings. The molecule has 1 radical (unpaired) electrons. The number of rotatable bonds is 1. The van der Waals surface area contributed by atoms with Gasteiger partial charge in [0.25, 0.3) is 0 Å². The monoisotopic (exact) mass is 229 g/mol. The van der Waals surface area contributed by atoms with E-state index in [1.165, 1.54) is 0 Å². The fraction of sp³-hybridized carbons (Fsp3) is 0.700. The van der Waals surface area contributed by atoms with Crippen molar-refractivity contribution in [1.29, 1.82) is 0 Å². The molecular weight excluding hydrogens is 209 g/mol. The minimum absolute atomic E-state index is 0. The van der Waals surface area contributed by atoms with E-state index in [9.17, 15) is 0 Å². The zero-order valence-electron chi connectivity index (χ0n) is 7.49. The fourth-order valence-electron chi connectivity index (χ4n) is 0. The van der Waals surface area contributed by atoms with E-state index in [-0.39, 0.29) is 40.1 Å². The first-order valence-corrected chi connectivity index (χ1v) is 3.16. The summed E-state index contributed by atoms with van der Waals surface area (Å²) in [6.45, 7) is 11.8. The van der Waals surface area contributed by atoms with Crippen LogP contribution in [0.4, 0.5) is 0 Å². The molecule has 0 bridgehead atoms. The van der Waals surface area contributed by atoms with Crippen molar-refractivity contribution in [3.8, 4) is 5.92 Å². The quantitative estimate of drug-likeness (QED) is 0.477. The van der Waals surface area contributed by atoms with Crippen LogP contribution in [0.1, 0.15) is 41.5 Å². The Morgan fingerprint density at radius 3 is 1.55 bits per heavy atom. The average Bonchev–Trinajstić information content (AvgIpc) is 1.67. The van der Waals surface area contributed by atoms with Gasteiger partial charge in [-0.2, -0.15) is 5.41 Å². The third-order valence-corrected chi connectivity index (χ3v) is 0.957. The first kappa shape index (κ1) is 22.6. The maximum absolute atomic E-state index is 5.96. The maximum atomic E-state index is 5.96. The summed E-state index contributed by atoms with van der Waals surface area (Å²) in [6.07, 6.45) is 7.12. The van der Waals surface area contributed by atoms with Crippen molar-refractivity contribution in [1.82, 2.24) is 0 Å². The molecule has 0 heterocycles. The molecule has 0 atom stereocenters. The summed E-state index contributed by atoms with van der Waals surface area (Å²) in [5, 5.41) is 0. The third kappa shape index (κ3) is 59.6. The SMILES string of the molecule is C.[C-]#CC.[CH2-]C(C)(C)CC.[Y]. The molecule has 1 heteroatoms. The molecule has 0 nitrogen and oxygen atoms in total. The minimum atomic E-state index is 0. The van der Waals surface area contributed by atoms with Gasteiger partial charge < -0.3 is 19.3 Å². The van der Waals surface area contributed by atoms with E-state index in [0.29, 0.717) is 5.41 Å². The Hall–Kier alpha value is 0.664. The van der Waals surface area contributed by atoms with Crippen LogP contribution in [0.15, 0.2) is 0 Å². The Bertz CT molecular complexity index is 82.0. The summed E-state index contributed by atoms with van der Waals surface area (Å²) in [5.41, 5.74) is 0.292. The van der Waals surface area contributed by atoms with Crippen LogP contribution in [0.2, 0.25) is 0 Å². The van der Waals surface area contributed by atoms with E-state index in [2.05, 4.69) is 27.7 Å². The Kier molecular flexibility index (Phi) is 27.2. The topological polar surface area (TPSA) is 0 Å². The molecule has 11 heavy (non-hydrogen) atoms. The van der Waals surface area contributed by atoms with Crippen molar-refractivity contribution in [2.75, 3.05) is 0 Å². The molecule has 65 valence electrons. The van der Waals surface area contributed by atoms with Crippen LogP contribution in [-0.2, 0) is 32.7 Å². The van der Waals surface area contributed by atoms with Crippen molar-refractivity contribution in [2.24, 2.45) is 5.41 Å². The van der Waals surface area contributed by atoms with Crippen molar-refractivity contribution < 1.29 is 32.7 Å². The second-order valence-electron chi connectivity index (χ2n) is 2.77. The Morgan fingerprint density at radius 1 is 1.45 bits per heavy atom. The smallest absolute Gasteiger partial charge is 0 e. The molecule has 0 rings (SSSR count). The first-order chi connectivity index (χ1) is 3.97. The van der Waals surface area contributed by atoms with E-state index in [1.807, 2.05) is 5.92 Å². The van der Waals surface area contributed by atoms with Crippen LogP contribution in [-0.4, -0.2) is 0 Å². The fourth-order valence-corrected chi connectivity index (χ4v) is 0. The van der Waals surface area contributed by atoms with E-state index < -0.39 is 0 Å². The van der Waals surface area contributed by atoms with Crippen LogP contribution in [0, 0.1) is 24.7 Å². The van der Waals surface area contributed by atoms with E-state index in [1.54, 1.807) is 6.92 Å². The summed E-state index contributed by atoms with van der Waals surface area (Å²) in [7, 11) is 0. The van der Waals surface area contributed by atoms with Crippen LogP contribution in [0.3, 0.4) is 0 Å². The normalized spacial score (nSPS) is 7.27. The van der Waals surface area contributed by atoms with Gasteiger partial charge in [0.2, 0.25) is 0 Å². The van der Waals surface area contributed by atoms with Crippen LogP contribution in [0.5, 0.6) is 0 Å². The molecular formula is C10H20Y-2. The zero-order valence-corrected chi connectivity index (χ0v) is 10.3. The second-order valence-corrected chi connectivity index (χ2v) is 2.77. The first-order valence-electron chi connectivity index (χ1n) is 3.16. The van der Waals surface area contributed by atoms with Crippen molar-refractivity contribution >= 4 is 0 Å². The Morgan fingerprint density at radius 2 is 1.55 bits per heavy atom. The van der Waals surface area contributed by atoms with Gasteiger partial charge in [0.1, 0.15) is 0 Å². The summed E-state index contributed by atoms with van der Waals surface area (Å²) >= 11 is 0.